The van der Waals surface area contributed by atoms with Crippen molar-refractivity contribution in [1.82, 2.24) is 9.80 Å². The summed E-state index contributed by atoms with van der Waals surface area (Å²) in [5.41, 5.74) is 2.64. The smallest absolute Gasteiger partial charge is 0.236 e. The highest BCUT2D eigenvalue weighted by Crippen LogP contribution is 2.40. The fourth-order valence-electron chi connectivity index (χ4n) is 4.54. The van der Waals surface area contributed by atoms with Crippen LogP contribution in [0.1, 0.15) is 24.0 Å². The molecule has 4 heteroatoms. The van der Waals surface area contributed by atoms with Crippen molar-refractivity contribution >= 4 is 5.91 Å². The monoisotopic (exact) mass is 364 g/mol. The minimum Gasteiger partial charge on any atom is -0.378 e. The number of morpholine rings is 1. The highest BCUT2D eigenvalue weighted by Gasteiger charge is 2.39. The van der Waals surface area contributed by atoms with E-state index in [4.69, 9.17) is 4.74 Å². The van der Waals surface area contributed by atoms with Crippen molar-refractivity contribution in [3.63, 3.8) is 0 Å². The molecular formula is C23H28N2O2. The molecule has 0 bridgehead atoms. The van der Waals surface area contributed by atoms with Crippen LogP contribution in [0.3, 0.4) is 0 Å². The maximum Gasteiger partial charge on any atom is 0.236 e. The molecule has 2 aliphatic rings. The largest absolute Gasteiger partial charge is 0.378 e. The van der Waals surface area contributed by atoms with E-state index in [1.54, 1.807) is 0 Å². The predicted octanol–water partition coefficient (Wildman–Crippen LogP) is 2.93. The van der Waals surface area contributed by atoms with Crippen molar-refractivity contribution in [2.24, 2.45) is 0 Å². The van der Waals surface area contributed by atoms with E-state index in [0.29, 0.717) is 19.8 Å². The molecule has 4 nitrogen and oxygen atoms in total. The number of hydrogen-bond acceptors (Lipinski definition) is 3. The van der Waals surface area contributed by atoms with Crippen LogP contribution in [-0.2, 0) is 14.9 Å². The van der Waals surface area contributed by atoms with Crippen LogP contribution in [0.15, 0.2) is 60.7 Å². The number of piperidine rings is 1. The van der Waals surface area contributed by atoms with Crippen LogP contribution < -0.4 is 0 Å². The topological polar surface area (TPSA) is 32.8 Å². The second-order valence-electron chi connectivity index (χ2n) is 7.62. The molecule has 0 unspecified atom stereocenters. The Kier molecular flexibility index (Phi) is 5.55. The van der Waals surface area contributed by atoms with Crippen LogP contribution in [0.2, 0.25) is 0 Å². The zero-order valence-electron chi connectivity index (χ0n) is 15.8. The Bertz CT molecular complexity index is 702. The molecule has 2 aromatic carbocycles. The van der Waals surface area contributed by atoms with Gasteiger partial charge in [0.05, 0.1) is 19.8 Å². The number of hydrogen-bond donors (Lipinski definition) is 0. The van der Waals surface area contributed by atoms with Gasteiger partial charge in [0.25, 0.3) is 0 Å². The SMILES string of the molecule is O=C(CN1CCCC(c2ccccc2)(c2ccccc2)C1)N1CCOCC1. The fraction of sp³-hybridized carbons (Fsp3) is 0.435. The zero-order valence-corrected chi connectivity index (χ0v) is 15.8. The van der Waals surface area contributed by atoms with Gasteiger partial charge in [-0.25, -0.2) is 0 Å². The molecule has 0 atom stereocenters. The van der Waals surface area contributed by atoms with Crippen LogP contribution in [0.4, 0.5) is 0 Å². The fourth-order valence-corrected chi connectivity index (χ4v) is 4.54. The molecule has 142 valence electrons. The van der Waals surface area contributed by atoms with E-state index < -0.39 is 0 Å². The molecule has 0 saturated carbocycles. The molecule has 4 rings (SSSR count). The van der Waals surface area contributed by atoms with Gasteiger partial charge in [-0.2, -0.15) is 0 Å². The van der Waals surface area contributed by atoms with E-state index >= 15 is 0 Å². The second-order valence-corrected chi connectivity index (χ2v) is 7.62. The molecule has 1 amide bonds. The van der Waals surface area contributed by atoms with Gasteiger partial charge in [0.1, 0.15) is 0 Å². The third-order valence-electron chi connectivity index (χ3n) is 5.95. The Balaban J connectivity index is 1.58. The summed E-state index contributed by atoms with van der Waals surface area (Å²) >= 11 is 0. The average Bonchev–Trinajstić information content (AvgIpc) is 2.76. The summed E-state index contributed by atoms with van der Waals surface area (Å²) in [6, 6.07) is 21.6. The van der Waals surface area contributed by atoms with E-state index in [1.165, 1.54) is 11.1 Å². The van der Waals surface area contributed by atoms with E-state index in [9.17, 15) is 4.79 Å². The summed E-state index contributed by atoms with van der Waals surface area (Å²) in [5, 5.41) is 0. The highest BCUT2D eigenvalue weighted by atomic mass is 16.5. The number of amides is 1. The van der Waals surface area contributed by atoms with Crippen LogP contribution in [0, 0.1) is 0 Å². The van der Waals surface area contributed by atoms with Gasteiger partial charge >= 0.3 is 0 Å². The molecule has 2 aromatic rings. The third kappa shape index (κ3) is 3.92. The zero-order chi connectivity index (χ0) is 18.5. The van der Waals surface area contributed by atoms with Crippen LogP contribution in [-0.4, -0.2) is 61.6 Å². The molecule has 2 heterocycles. The Morgan fingerprint density at radius 2 is 1.48 bits per heavy atom. The quantitative estimate of drug-likeness (QED) is 0.836. The first-order valence-electron chi connectivity index (χ1n) is 9.97. The molecule has 2 fully saturated rings. The highest BCUT2D eigenvalue weighted by molar-refractivity contribution is 5.78. The van der Waals surface area contributed by atoms with Gasteiger partial charge in [-0.3, -0.25) is 9.69 Å². The van der Waals surface area contributed by atoms with Gasteiger partial charge in [0.2, 0.25) is 5.91 Å². The summed E-state index contributed by atoms with van der Waals surface area (Å²) in [6.07, 6.45) is 2.21. The first-order valence-corrected chi connectivity index (χ1v) is 9.97. The molecule has 0 spiro atoms. The Hall–Kier alpha value is -2.17. The molecule has 0 radical (unpaired) electrons. The van der Waals surface area contributed by atoms with Gasteiger partial charge in [-0.05, 0) is 30.5 Å². The maximum atomic E-state index is 12.8. The van der Waals surface area contributed by atoms with Crippen molar-refractivity contribution in [3.8, 4) is 0 Å². The lowest BCUT2D eigenvalue weighted by Gasteiger charge is -2.44. The number of rotatable bonds is 4. The molecule has 0 N–H and O–H groups in total. The van der Waals surface area contributed by atoms with Gasteiger partial charge in [0, 0.05) is 25.0 Å². The van der Waals surface area contributed by atoms with E-state index in [2.05, 4.69) is 65.6 Å². The minimum atomic E-state index is -0.0495. The minimum absolute atomic E-state index is 0.0495. The molecule has 2 aliphatic heterocycles. The predicted molar refractivity (Wildman–Crippen MR) is 107 cm³/mol. The summed E-state index contributed by atoms with van der Waals surface area (Å²) in [7, 11) is 0. The normalized spacial score (nSPS) is 20.4. The lowest BCUT2D eigenvalue weighted by atomic mass is 9.69. The molecule has 0 aliphatic carbocycles. The Morgan fingerprint density at radius 3 is 2.07 bits per heavy atom. The van der Waals surface area contributed by atoms with Crippen LogP contribution in [0.25, 0.3) is 0 Å². The molecular weight excluding hydrogens is 336 g/mol. The lowest BCUT2D eigenvalue weighted by Crippen LogP contribution is -2.51. The summed E-state index contributed by atoms with van der Waals surface area (Å²) in [5.74, 6) is 0.232. The lowest BCUT2D eigenvalue weighted by molar-refractivity contribution is -0.136. The van der Waals surface area contributed by atoms with E-state index in [1.807, 2.05) is 4.90 Å². The van der Waals surface area contributed by atoms with Gasteiger partial charge < -0.3 is 9.64 Å². The van der Waals surface area contributed by atoms with Crippen molar-refractivity contribution in [2.45, 2.75) is 18.3 Å². The number of nitrogens with zero attached hydrogens (tertiary/aromatic N) is 2. The van der Waals surface area contributed by atoms with Gasteiger partial charge in [0.15, 0.2) is 0 Å². The maximum absolute atomic E-state index is 12.8. The number of carbonyl (C=O) groups is 1. The number of benzene rings is 2. The first kappa shape index (κ1) is 18.2. The summed E-state index contributed by atoms with van der Waals surface area (Å²) in [4.78, 5) is 17.1. The Morgan fingerprint density at radius 1 is 0.889 bits per heavy atom. The number of ether oxygens (including phenoxy) is 1. The molecule has 2 saturated heterocycles. The summed E-state index contributed by atoms with van der Waals surface area (Å²) < 4.78 is 5.38. The van der Waals surface area contributed by atoms with Crippen LogP contribution >= 0.6 is 0 Å². The number of likely N-dealkylation sites (tertiary alicyclic amines) is 1. The van der Waals surface area contributed by atoms with Crippen molar-refractivity contribution < 1.29 is 9.53 Å². The first-order chi connectivity index (χ1) is 13.3. The summed E-state index contributed by atoms with van der Waals surface area (Å²) in [6.45, 7) is 5.12. The van der Waals surface area contributed by atoms with Crippen molar-refractivity contribution in [1.29, 1.82) is 0 Å². The van der Waals surface area contributed by atoms with E-state index in [0.717, 1.165) is 39.0 Å². The standard InChI is InChI=1S/C23H28N2O2/c26-22(25-14-16-27-17-15-25)18-24-13-7-12-23(19-24,20-8-3-1-4-9-20)21-10-5-2-6-11-21/h1-6,8-11H,7,12-19H2. The van der Waals surface area contributed by atoms with Gasteiger partial charge in [-0.15, -0.1) is 0 Å². The third-order valence-corrected chi connectivity index (χ3v) is 5.95. The molecule has 27 heavy (non-hydrogen) atoms. The van der Waals surface area contributed by atoms with Crippen molar-refractivity contribution in [3.05, 3.63) is 71.8 Å². The number of carbonyl (C=O) groups excluding carboxylic acids is 1. The van der Waals surface area contributed by atoms with Crippen molar-refractivity contribution in [2.75, 3.05) is 45.9 Å². The molecule has 0 aromatic heterocycles. The Labute approximate surface area is 161 Å². The van der Waals surface area contributed by atoms with E-state index in [-0.39, 0.29) is 11.3 Å². The van der Waals surface area contributed by atoms with Crippen LogP contribution in [0.5, 0.6) is 0 Å². The van der Waals surface area contributed by atoms with Gasteiger partial charge in [-0.1, -0.05) is 60.7 Å². The second kappa shape index (κ2) is 8.24. The average molecular weight is 364 g/mol.